The summed E-state index contributed by atoms with van der Waals surface area (Å²) in [7, 11) is -4.33. The molecule has 0 spiro atoms. The first-order chi connectivity index (χ1) is 14.4. The molecule has 0 fully saturated rings. The molecule has 2 aromatic rings. The smallest absolute Gasteiger partial charge is 0.327 e. The number of nitrogens with one attached hydrogen (secondary N) is 2. The molecule has 1 amide bonds. The molecular formula is C18H16Cl2F2N2O6S. The first-order valence-electron chi connectivity index (χ1n) is 8.47. The number of halogens is 4. The summed E-state index contributed by atoms with van der Waals surface area (Å²) in [6, 6.07) is 4.05. The zero-order valence-corrected chi connectivity index (χ0v) is 18.1. The molecule has 168 valence electrons. The summed E-state index contributed by atoms with van der Waals surface area (Å²) in [4.78, 5) is 23.7. The standard InChI is InChI=1S/C18H16Cl2F2N2O6S/c1-9(25)17(24-31(28,29)11-3-4-12(19)13(20)7-11)18(27)30-8-16(26)23-15-5-2-10(21)6-14(15)22/h2-7,9,17,24-25H,8H2,1H3,(H,23,26). The van der Waals surface area contributed by atoms with Gasteiger partial charge in [-0.15, -0.1) is 0 Å². The SMILES string of the molecule is CC(O)C(NS(=O)(=O)c1ccc(Cl)c(Cl)c1)C(=O)OCC(=O)Nc1ccc(F)cc1F. The molecule has 2 rings (SSSR count). The van der Waals surface area contributed by atoms with Gasteiger partial charge < -0.3 is 15.2 Å². The quantitative estimate of drug-likeness (QED) is 0.482. The number of anilines is 1. The average Bonchev–Trinajstić information content (AvgIpc) is 2.68. The van der Waals surface area contributed by atoms with E-state index < -0.39 is 52.3 Å². The molecule has 0 aliphatic rings. The topological polar surface area (TPSA) is 122 Å². The summed E-state index contributed by atoms with van der Waals surface area (Å²) in [5.41, 5.74) is -0.352. The number of rotatable bonds is 8. The van der Waals surface area contributed by atoms with Crippen molar-refractivity contribution < 1.29 is 36.6 Å². The molecule has 3 N–H and O–H groups in total. The molecule has 0 aromatic heterocycles. The number of aliphatic hydroxyl groups is 1. The normalized spacial score (nSPS) is 13.4. The fourth-order valence-corrected chi connectivity index (χ4v) is 3.87. The first-order valence-corrected chi connectivity index (χ1v) is 10.7. The van der Waals surface area contributed by atoms with E-state index >= 15 is 0 Å². The minimum atomic E-state index is -4.33. The molecule has 0 saturated carbocycles. The summed E-state index contributed by atoms with van der Waals surface area (Å²) < 4.78 is 58.1. The van der Waals surface area contributed by atoms with Crippen LogP contribution in [0.25, 0.3) is 0 Å². The summed E-state index contributed by atoms with van der Waals surface area (Å²) in [6.07, 6.45) is -1.54. The highest BCUT2D eigenvalue weighted by atomic mass is 35.5. The lowest BCUT2D eigenvalue weighted by atomic mass is 10.2. The number of sulfonamides is 1. The second-order valence-corrected chi connectivity index (χ2v) is 8.72. The third kappa shape index (κ3) is 6.84. The van der Waals surface area contributed by atoms with Crippen LogP contribution in [0.4, 0.5) is 14.5 Å². The van der Waals surface area contributed by atoms with Gasteiger partial charge in [0.05, 0.1) is 26.7 Å². The van der Waals surface area contributed by atoms with Crippen molar-refractivity contribution in [3.05, 3.63) is 58.1 Å². The Morgan fingerprint density at radius 3 is 2.39 bits per heavy atom. The second-order valence-electron chi connectivity index (χ2n) is 6.20. The van der Waals surface area contributed by atoms with Crippen molar-refractivity contribution >= 4 is 50.8 Å². The molecule has 0 aliphatic carbocycles. The number of esters is 1. The van der Waals surface area contributed by atoms with E-state index in [4.69, 9.17) is 27.9 Å². The Kier molecular flexibility index (Phi) is 8.32. The summed E-state index contributed by atoms with van der Waals surface area (Å²) in [5.74, 6) is -4.14. The van der Waals surface area contributed by atoms with Gasteiger partial charge in [0.25, 0.3) is 5.91 Å². The van der Waals surface area contributed by atoms with Gasteiger partial charge in [-0.3, -0.25) is 9.59 Å². The molecule has 0 aliphatic heterocycles. The first kappa shape index (κ1) is 25.0. The van der Waals surface area contributed by atoms with E-state index in [0.717, 1.165) is 31.2 Å². The predicted molar refractivity (Wildman–Crippen MR) is 108 cm³/mol. The molecule has 0 heterocycles. The number of hydrogen-bond acceptors (Lipinski definition) is 6. The molecule has 0 bridgehead atoms. The van der Waals surface area contributed by atoms with Crippen LogP contribution in [0.3, 0.4) is 0 Å². The Morgan fingerprint density at radius 1 is 1.13 bits per heavy atom. The van der Waals surface area contributed by atoms with E-state index in [2.05, 4.69) is 5.32 Å². The van der Waals surface area contributed by atoms with Crippen LogP contribution in [-0.4, -0.2) is 44.2 Å². The lowest BCUT2D eigenvalue weighted by Crippen LogP contribution is -2.48. The Labute approximate surface area is 186 Å². The van der Waals surface area contributed by atoms with E-state index in [9.17, 15) is 31.9 Å². The van der Waals surface area contributed by atoms with Gasteiger partial charge in [-0.1, -0.05) is 23.2 Å². The Bertz CT molecular complexity index is 1100. The summed E-state index contributed by atoms with van der Waals surface area (Å²) >= 11 is 11.5. The van der Waals surface area contributed by atoms with E-state index in [1.807, 2.05) is 4.72 Å². The van der Waals surface area contributed by atoms with Crippen molar-refractivity contribution in [2.45, 2.75) is 24.0 Å². The monoisotopic (exact) mass is 496 g/mol. The van der Waals surface area contributed by atoms with Crippen LogP contribution >= 0.6 is 23.2 Å². The molecule has 0 radical (unpaired) electrons. The number of hydrogen-bond donors (Lipinski definition) is 3. The highest BCUT2D eigenvalue weighted by Crippen LogP contribution is 2.25. The third-order valence-electron chi connectivity index (χ3n) is 3.77. The van der Waals surface area contributed by atoms with Gasteiger partial charge in [0.1, 0.15) is 17.7 Å². The van der Waals surface area contributed by atoms with Crippen molar-refractivity contribution in [3.63, 3.8) is 0 Å². The Balaban J connectivity index is 2.04. The highest BCUT2D eigenvalue weighted by molar-refractivity contribution is 7.89. The fraction of sp³-hybridized carbons (Fsp3) is 0.222. The minimum Gasteiger partial charge on any atom is -0.454 e. The molecule has 2 atom stereocenters. The lowest BCUT2D eigenvalue weighted by molar-refractivity contribution is -0.151. The van der Waals surface area contributed by atoms with Crippen LogP contribution in [0.1, 0.15) is 6.92 Å². The van der Waals surface area contributed by atoms with Crippen molar-refractivity contribution in [2.24, 2.45) is 0 Å². The number of carbonyl (C=O) groups is 2. The maximum atomic E-state index is 13.6. The van der Waals surface area contributed by atoms with Crippen molar-refractivity contribution in [1.29, 1.82) is 0 Å². The van der Waals surface area contributed by atoms with E-state index in [-0.39, 0.29) is 20.6 Å². The molecule has 31 heavy (non-hydrogen) atoms. The van der Waals surface area contributed by atoms with Crippen molar-refractivity contribution in [3.8, 4) is 0 Å². The average molecular weight is 497 g/mol. The van der Waals surface area contributed by atoms with Gasteiger partial charge in [0, 0.05) is 6.07 Å². The second kappa shape index (κ2) is 10.3. The highest BCUT2D eigenvalue weighted by Gasteiger charge is 2.31. The zero-order chi connectivity index (χ0) is 23.3. The van der Waals surface area contributed by atoms with Gasteiger partial charge >= 0.3 is 5.97 Å². The van der Waals surface area contributed by atoms with Crippen molar-refractivity contribution in [1.82, 2.24) is 4.72 Å². The fourth-order valence-electron chi connectivity index (χ4n) is 2.23. The van der Waals surface area contributed by atoms with Crippen LogP contribution in [0.2, 0.25) is 10.0 Å². The number of amides is 1. The van der Waals surface area contributed by atoms with Crippen LogP contribution in [-0.2, 0) is 24.3 Å². The van der Waals surface area contributed by atoms with E-state index in [1.165, 1.54) is 6.07 Å². The number of carbonyl (C=O) groups excluding carboxylic acids is 2. The molecule has 13 heteroatoms. The number of benzene rings is 2. The van der Waals surface area contributed by atoms with Gasteiger partial charge in [-0.05, 0) is 37.3 Å². The van der Waals surface area contributed by atoms with Crippen LogP contribution in [0.15, 0.2) is 41.3 Å². The molecular weight excluding hydrogens is 481 g/mol. The maximum absolute atomic E-state index is 13.6. The zero-order valence-electron chi connectivity index (χ0n) is 15.7. The van der Waals surface area contributed by atoms with Gasteiger partial charge in [-0.25, -0.2) is 17.2 Å². The summed E-state index contributed by atoms with van der Waals surface area (Å²) in [6.45, 7) is 0.199. The molecule has 8 nitrogen and oxygen atoms in total. The van der Waals surface area contributed by atoms with Gasteiger partial charge in [0.2, 0.25) is 10.0 Å². The van der Waals surface area contributed by atoms with Crippen LogP contribution < -0.4 is 10.0 Å². The maximum Gasteiger partial charge on any atom is 0.327 e. The van der Waals surface area contributed by atoms with Crippen LogP contribution in [0, 0.1) is 11.6 Å². The summed E-state index contributed by atoms with van der Waals surface area (Å²) in [5, 5.41) is 11.9. The van der Waals surface area contributed by atoms with Crippen molar-refractivity contribution in [2.75, 3.05) is 11.9 Å². The lowest BCUT2D eigenvalue weighted by Gasteiger charge is -2.20. The number of ether oxygens (including phenoxy) is 1. The van der Waals surface area contributed by atoms with Gasteiger partial charge in [0.15, 0.2) is 6.61 Å². The molecule has 2 aromatic carbocycles. The van der Waals surface area contributed by atoms with E-state index in [0.29, 0.717) is 6.07 Å². The number of aliphatic hydroxyl groups excluding tert-OH is 1. The molecule has 0 saturated heterocycles. The third-order valence-corrected chi connectivity index (χ3v) is 5.95. The Morgan fingerprint density at radius 2 is 1.81 bits per heavy atom. The van der Waals surface area contributed by atoms with Gasteiger partial charge in [-0.2, -0.15) is 4.72 Å². The predicted octanol–water partition coefficient (Wildman–Crippen LogP) is 2.48. The van der Waals surface area contributed by atoms with Crippen LogP contribution in [0.5, 0.6) is 0 Å². The Hall–Kier alpha value is -2.31. The minimum absolute atomic E-state index is 0.0505. The largest absolute Gasteiger partial charge is 0.454 e. The van der Waals surface area contributed by atoms with E-state index in [1.54, 1.807) is 0 Å². The molecule has 2 unspecified atom stereocenters.